The molecule has 21 heavy (non-hydrogen) atoms. The Hall–Kier alpha value is -2.16. The van der Waals surface area contributed by atoms with E-state index in [4.69, 9.17) is 0 Å². The highest BCUT2D eigenvalue weighted by molar-refractivity contribution is 5.47. The molecular formula is C18H23NO2. The van der Waals surface area contributed by atoms with Gasteiger partial charge in [0.25, 0.3) is 0 Å². The number of nitrogens with zero attached hydrogens (tertiary/aromatic N) is 1. The first-order valence-electron chi connectivity index (χ1n) is 7.48. The number of anilines is 1. The zero-order valence-electron chi connectivity index (χ0n) is 12.7. The Morgan fingerprint density at radius 2 is 1.33 bits per heavy atom. The molecule has 0 aliphatic rings. The van der Waals surface area contributed by atoms with Gasteiger partial charge in [0.1, 0.15) is 0 Å². The lowest BCUT2D eigenvalue weighted by atomic mass is 10.0. The summed E-state index contributed by atoms with van der Waals surface area (Å²) in [4.78, 5) is 2.32. The lowest BCUT2D eigenvalue weighted by Crippen LogP contribution is -2.21. The molecule has 2 aromatic rings. The second-order valence-corrected chi connectivity index (χ2v) is 5.16. The molecule has 2 rings (SSSR count). The Morgan fingerprint density at radius 1 is 0.762 bits per heavy atom. The van der Waals surface area contributed by atoms with Gasteiger partial charge in [-0.1, -0.05) is 18.2 Å². The molecule has 0 radical (unpaired) electrons. The molecule has 0 amide bonds. The van der Waals surface area contributed by atoms with Gasteiger partial charge in [0.2, 0.25) is 0 Å². The maximum absolute atomic E-state index is 9.49. The van der Waals surface area contributed by atoms with Gasteiger partial charge in [0.15, 0.2) is 11.5 Å². The highest BCUT2D eigenvalue weighted by Gasteiger charge is 2.03. The van der Waals surface area contributed by atoms with E-state index in [0.29, 0.717) is 0 Å². The number of hydrogen-bond donors (Lipinski definition) is 2. The maximum Gasteiger partial charge on any atom is 0.157 e. The van der Waals surface area contributed by atoms with Crippen LogP contribution in [-0.2, 0) is 12.8 Å². The number of benzene rings is 2. The third kappa shape index (κ3) is 3.91. The maximum atomic E-state index is 9.49. The monoisotopic (exact) mass is 285 g/mol. The van der Waals surface area contributed by atoms with Gasteiger partial charge in [-0.25, -0.2) is 0 Å². The van der Waals surface area contributed by atoms with E-state index >= 15 is 0 Å². The molecule has 0 aromatic heterocycles. The van der Waals surface area contributed by atoms with Crippen molar-refractivity contribution in [3.63, 3.8) is 0 Å². The van der Waals surface area contributed by atoms with Crippen LogP contribution >= 0.6 is 0 Å². The molecule has 0 bridgehead atoms. The number of phenolic OH excluding ortho intramolecular Hbond substituents is 2. The first kappa shape index (κ1) is 15.2. The minimum Gasteiger partial charge on any atom is -0.504 e. The molecule has 112 valence electrons. The first-order chi connectivity index (χ1) is 10.1. The summed E-state index contributed by atoms with van der Waals surface area (Å²) in [5.74, 6) is -0.119. The Morgan fingerprint density at radius 3 is 1.90 bits per heavy atom. The van der Waals surface area contributed by atoms with Crippen molar-refractivity contribution in [2.75, 3.05) is 18.0 Å². The Kier molecular flexibility index (Phi) is 5.09. The van der Waals surface area contributed by atoms with Crippen molar-refractivity contribution in [2.45, 2.75) is 26.7 Å². The topological polar surface area (TPSA) is 43.7 Å². The summed E-state index contributed by atoms with van der Waals surface area (Å²) >= 11 is 0. The molecule has 2 aromatic carbocycles. The SMILES string of the molecule is CCN(CC)c1ccc(CCc2ccc(O)c(O)c2)cc1. The van der Waals surface area contributed by atoms with Crippen LogP contribution in [0.15, 0.2) is 42.5 Å². The Balaban J connectivity index is 1.98. The summed E-state index contributed by atoms with van der Waals surface area (Å²) in [5, 5.41) is 18.8. The predicted octanol–water partition coefficient (Wildman–Crippen LogP) is 3.73. The molecule has 0 aliphatic heterocycles. The van der Waals surface area contributed by atoms with Gasteiger partial charge < -0.3 is 15.1 Å². The van der Waals surface area contributed by atoms with E-state index in [-0.39, 0.29) is 11.5 Å². The van der Waals surface area contributed by atoms with Crippen LogP contribution in [0, 0.1) is 0 Å². The first-order valence-corrected chi connectivity index (χ1v) is 7.48. The van der Waals surface area contributed by atoms with Gasteiger partial charge in [0.05, 0.1) is 0 Å². The van der Waals surface area contributed by atoms with E-state index in [0.717, 1.165) is 31.5 Å². The van der Waals surface area contributed by atoms with Crippen molar-refractivity contribution in [1.29, 1.82) is 0 Å². The lowest BCUT2D eigenvalue weighted by molar-refractivity contribution is 0.403. The molecule has 3 heteroatoms. The smallest absolute Gasteiger partial charge is 0.157 e. The second kappa shape index (κ2) is 7.02. The van der Waals surface area contributed by atoms with Crippen LogP contribution in [0.1, 0.15) is 25.0 Å². The number of phenols is 2. The second-order valence-electron chi connectivity index (χ2n) is 5.16. The van der Waals surface area contributed by atoms with Crippen molar-refractivity contribution in [3.8, 4) is 11.5 Å². The highest BCUT2D eigenvalue weighted by atomic mass is 16.3. The van der Waals surface area contributed by atoms with Gasteiger partial charge in [-0.3, -0.25) is 0 Å². The number of hydrogen-bond acceptors (Lipinski definition) is 3. The minimum absolute atomic E-state index is 0.0515. The zero-order valence-corrected chi connectivity index (χ0v) is 12.7. The van der Waals surface area contributed by atoms with E-state index in [9.17, 15) is 10.2 Å². The van der Waals surface area contributed by atoms with E-state index in [1.165, 1.54) is 17.3 Å². The quantitative estimate of drug-likeness (QED) is 0.795. The van der Waals surface area contributed by atoms with Crippen molar-refractivity contribution >= 4 is 5.69 Å². The standard InChI is InChI=1S/C18H23NO2/c1-3-19(4-2)16-10-7-14(8-11-16)5-6-15-9-12-17(20)18(21)13-15/h7-13,20-21H,3-6H2,1-2H3. The largest absolute Gasteiger partial charge is 0.504 e. The van der Waals surface area contributed by atoms with Crippen LogP contribution in [-0.4, -0.2) is 23.3 Å². The number of aryl methyl sites for hydroxylation is 2. The third-order valence-electron chi connectivity index (χ3n) is 3.81. The predicted molar refractivity (Wildman–Crippen MR) is 87.2 cm³/mol. The fraction of sp³-hybridized carbons (Fsp3) is 0.333. The molecular weight excluding hydrogens is 262 g/mol. The summed E-state index contributed by atoms with van der Waals surface area (Å²) in [5.41, 5.74) is 3.56. The summed E-state index contributed by atoms with van der Waals surface area (Å²) in [6.07, 6.45) is 1.77. The fourth-order valence-electron chi connectivity index (χ4n) is 2.48. The van der Waals surface area contributed by atoms with E-state index < -0.39 is 0 Å². The van der Waals surface area contributed by atoms with Gasteiger partial charge >= 0.3 is 0 Å². The van der Waals surface area contributed by atoms with Gasteiger partial charge in [-0.15, -0.1) is 0 Å². The van der Waals surface area contributed by atoms with Crippen LogP contribution in [0.2, 0.25) is 0 Å². The normalized spacial score (nSPS) is 10.6. The minimum atomic E-state index is -0.0673. The molecule has 0 heterocycles. The molecule has 0 saturated carbocycles. The van der Waals surface area contributed by atoms with Crippen molar-refractivity contribution in [2.24, 2.45) is 0 Å². The molecule has 2 N–H and O–H groups in total. The van der Waals surface area contributed by atoms with Crippen LogP contribution in [0.5, 0.6) is 11.5 Å². The summed E-state index contributed by atoms with van der Waals surface area (Å²) < 4.78 is 0. The number of rotatable bonds is 6. The number of aromatic hydroxyl groups is 2. The summed E-state index contributed by atoms with van der Waals surface area (Å²) in [6, 6.07) is 13.7. The third-order valence-corrected chi connectivity index (χ3v) is 3.81. The average Bonchev–Trinajstić information content (AvgIpc) is 2.51. The highest BCUT2D eigenvalue weighted by Crippen LogP contribution is 2.25. The molecule has 0 saturated heterocycles. The molecule has 3 nitrogen and oxygen atoms in total. The van der Waals surface area contributed by atoms with Crippen LogP contribution < -0.4 is 4.90 Å². The van der Waals surface area contributed by atoms with E-state index in [1.807, 2.05) is 6.07 Å². The summed E-state index contributed by atoms with van der Waals surface area (Å²) in [7, 11) is 0. The molecule has 0 aliphatic carbocycles. The molecule has 0 spiro atoms. The zero-order chi connectivity index (χ0) is 15.2. The van der Waals surface area contributed by atoms with Crippen LogP contribution in [0.3, 0.4) is 0 Å². The molecule has 0 atom stereocenters. The van der Waals surface area contributed by atoms with Gasteiger partial charge in [-0.05, 0) is 62.1 Å². The lowest BCUT2D eigenvalue weighted by Gasteiger charge is -2.21. The average molecular weight is 285 g/mol. The Bertz CT molecular complexity index is 574. The van der Waals surface area contributed by atoms with Crippen molar-refractivity contribution in [1.82, 2.24) is 0 Å². The van der Waals surface area contributed by atoms with E-state index in [2.05, 4.69) is 43.0 Å². The molecule has 0 fully saturated rings. The van der Waals surface area contributed by atoms with Crippen LogP contribution in [0.4, 0.5) is 5.69 Å². The molecule has 0 unspecified atom stereocenters. The summed E-state index contributed by atoms with van der Waals surface area (Å²) in [6.45, 7) is 6.36. The fourth-order valence-corrected chi connectivity index (χ4v) is 2.48. The Labute approximate surface area is 126 Å². The van der Waals surface area contributed by atoms with Crippen molar-refractivity contribution < 1.29 is 10.2 Å². The van der Waals surface area contributed by atoms with Crippen molar-refractivity contribution in [3.05, 3.63) is 53.6 Å². The van der Waals surface area contributed by atoms with Gasteiger partial charge in [0, 0.05) is 18.8 Å². The van der Waals surface area contributed by atoms with Crippen LogP contribution in [0.25, 0.3) is 0 Å². The van der Waals surface area contributed by atoms with E-state index in [1.54, 1.807) is 6.07 Å². The van der Waals surface area contributed by atoms with Gasteiger partial charge in [-0.2, -0.15) is 0 Å².